The van der Waals surface area contributed by atoms with E-state index in [2.05, 4.69) is 4.98 Å². The summed E-state index contributed by atoms with van der Waals surface area (Å²) in [6.07, 6.45) is 0.310. The normalized spacial score (nSPS) is 10.6. The Hall–Kier alpha value is -2.10. The van der Waals surface area contributed by atoms with Gasteiger partial charge in [-0.3, -0.25) is 9.59 Å². The maximum atomic E-state index is 11.8. The monoisotopic (exact) mass is 245 g/mol. The summed E-state index contributed by atoms with van der Waals surface area (Å²) in [5.41, 5.74) is 2.16. The molecule has 0 aliphatic carbocycles. The zero-order valence-electron chi connectivity index (χ0n) is 10.4. The Kier molecular flexibility index (Phi) is 3.46. The third-order valence-electron chi connectivity index (χ3n) is 2.75. The number of hydrogen-bond acceptors (Lipinski definition) is 3. The number of carbonyl (C=O) groups excluding carboxylic acids is 1. The molecule has 0 saturated carbocycles. The van der Waals surface area contributed by atoms with Gasteiger partial charge in [0.1, 0.15) is 6.61 Å². The number of aromatic amines is 1. The molecule has 0 aliphatic rings. The first-order valence-electron chi connectivity index (χ1n) is 5.88. The lowest BCUT2D eigenvalue weighted by molar-refractivity contribution is -0.144. The van der Waals surface area contributed by atoms with Gasteiger partial charge in [0.25, 0.3) is 5.56 Å². The van der Waals surface area contributed by atoms with Crippen molar-refractivity contribution < 1.29 is 9.53 Å². The van der Waals surface area contributed by atoms with Crippen molar-refractivity contribution in [2.75, 3.05) is 0 Å². The van der Waals surface area contributed by atoms with Gasteiger partial charge < -0.3 is 9.72 Å². The van der Waals surface area contributed by atoms with E-state index in [9.17, 15) is 9.59 Å². The fraction of sp³-hybridized carbons (Fsp3) is 0.286. The minimum Gasteiger partial charge on any atom is -0.461 e. The lowest BCUT2D eigenvalue weighted by Gasteiger charge is -2.05. The van der Waals surface area contributed by atoms with Gasteiger partial charge in [-0.15, -0.1) is 0 Å². The van der Waals surface area contributed by atoms with E-state index >= 15 is 0 Å². The molecule has 4 heteroatoms. The van der Waals surface area contributed by atoms with Crippen LogP contribution in [0.5, 0.6) is 0 Å². The molecule has 0 fully saturated rings. The summed E-state index contributed by atoms with van der Waals surface area (Å²) in [4.78, 5) is 25.6. The summed E-state index contributed by atoms with van der Waals surface area (Å²) in [7, 11) is 0. The van der Waals surface area contributed by atoms with E-state index in [4.69, 9.17) is 4.74 Å². The van der Waals surface area contributed by atoms with Crippen molar-refractivity contribution in [1.82, 2.24) is 4.98 Å². The van der Waals surface area contributed by atoms with E-state index in [1.807, 2.05) is 25.1 Å². The standard InChI is InChI=1S/C14H15NO3/c1-3-13(16)18-8-11-7-10-6-9(2)4-5-12(10)15-14(11)17/h4-7H,3,8H2,1-2H3,(H,15,17). The van der Waals surface area contributed by atoms with Gasteiger partial charge in [-0.05, 0) is 30.5 Å². The summed E-state index contributed by atoms with van der Waals surface area (Å²) in [5.74, 6) is -0.307. The average molecular weight is 245 g/mol. The van der Waals surface area contributed by atoms with E-state index < -0.39 is 0 Å². The molecule has 0 atom stereocenters. The highest BCUT2D eigenvalue weighted by Gasteiger charge is 2.06. The first-order chi connectivity index (χ1) is 8.60. The van der Waals surface area contributed by atoms with Crippen LogP contribution in [0.2, 0.25) is 0 Å². The van der Waals surface area contributed by atoms with E-state index in [-0.39, 0.29) is 18.1 Å². The molecule has 0 saturated heterocycles. The Bertz CT molecular complexity index is 643. The third-order valence-corrected chi connectivity index (χ3v) is 2.75. The molecule has 0 aliphatic heterocycles. The second kappa shape index (κ2) is 5.04. The van der Waals surface area contributed by atoms with Gasteiger partial charge in [-0.1, -0.05) is 18.6 Å². The minimum absolute atomic E-state index is 0.0197. The summed E-state index contributed by atoms with van der Waals surface area (Å²) in [6, 6.07) is 7.56. The van der Waals surface area contributed by atoms with E-state index in [1.165, 1.54) is 0 Å². The lowest BCUT2D eigenvalue weighted by atomic mass is 10.1. The Morgan fingerprint density at radius 3 is 2.83 bits per heavy atom. The van der Waals surface area contributed by atoms with Crippen molar-refractivity contribution in [3.8, 4) is 0 Å². The molecule has 1 N–H and O–H groups in total. The molecule has 1 aromatic carbocycles. The molecule has 4 nitrogen and oxygen atoms in total. The van der Waals surface area contributed by atoms with Gasteiger partial charge in [-0.25, -0.2) is 0 Å². The Morgan fingerprint density at radius 1 is 1.33 bits per heavy atom. The molecule has 2 rings (SSSR count). The molecule has 1 heterocycles. The number of hydrogen-bond donors (Lipinski definition) is 1. The number of aryl methyl sites for hydroxylation is 1. The highest BCUT2D eigenvalue weighted by Crippen LogP contribution is 2.13. The molecule has 0 bridgehead atoms. The van der Waals surface area contributed by atoms with Crippen LogP contribution in [-0.4, -0.2) is 11.0 Å². The zero-order chi connectivity index (χ0) is 13.1. The van der Waals surface area contributed by atoms with Gasteiger partial charge in [0.15, 0.2) is 0 Å². The first-order valence-corrected chi connectivity index (χ1v) is 5.88. The molecule has 18 heavy (non-hydrogen) atoms. The van der Waals surface area contributed by atoms with Gasteiger partial charge in [0.2, 0.25) is 0 Å². The van der Waals surface area contributed by atoms with Gasteiger partial charge in [-0.2, -0.15) is 0 Å². The quantitative estimate of drug-likeness (QED) is 0.844. The molecule has 0 radical (unpaired) electrons. The fourth-order valence-corrected chi connectivity index (χ4v) is 1.74. The Morgan fingerprint density at radius 2 is 2.11 bits per heavy atom. The third kappa shape index (κ3) is 2.59. The largest absolute Gasteiger partial charge is 0.461 e. The maximum Gasteiger partial charge on any atom is 0.305 e. The van der Waals surface area contributed by atoms with E-state index in [0.717, 1.165) is 16.5 Å². The van der Waals surface area contributed by atoms with Crippen molar-refractivity contribution >= 4 is 16.9 Å². The number of carbonyl (C=O) groups is 1. The van der Waals surface area contributed by atoms with Crippen LogP contribution in [0.1, 0.15) is 24.5 Å². The van der Waals surface area contributed by atoms with Crippen LogP contribution < -0.4 is 5.56 Å². The van der Waals surface area contributed by atoms with Gasteiger partial charge in [0, 0.05) is 11.9 Å². The predicted molar refractivity (Wildman–Crippen MR) is 69.4 cm³/mol. The summed E-state index contributed by atoms with van der Waals surface area (Å²) in [6.45, 7) is 3.73. The molecule has 0 unspecified atom stereocenters. The SMILES string of the molecule is CCC(=O)OCc1cc2cc(C)ccc2[nH]c1=O. The zero-order valence-corrected chi connectivity index (χ0v) is 10.4. The smallest absolute Gasteiger partial charge is 0.305 e. The predicted octanol–water partition coefficient (Wildman–Crippen LogP) is 2.29. The van der Waals surface area contributed by atoms with E-state index in [1.54, 1.807) is 13.0 Å². The minimum atomic E-state index is -0.307. The highest BCUT2D eigenvalue weighted by atomic mass is 16.5. The number of pyridine rings is 1. The van der Waals surface area contributed by atoms with Gasteiger partial charge in [0.05, 0.1) is 5.56 Å². The van der Waals surface area contributed by atoms with Gasteiger partial charge >= 0.3 is 5.97 Å². The maximum absolute atomic E-state index is 11.8. The van der Waals surface area contributed by atoms with Crippen molar-refractivity contribution in [3.63, 3.8) is 0 Å². The number of rotatable bonds is 3. The number of benzene rings is 1. The number of ether oxygens (including phenoxy) is 1. The summed E-state index contributed by atoms with van der Waals surface area (Å²) in [5, 5.41) is 0.942. The van der Waals surface area contributed by atoms with Crippen LogP contribution in [0.4, 0.5) is 0 Å². The molecular weight excluding hydrogens is 230 g/mol. The number of nitrogens with one attached hydrogen (secondary N) is 1. The van der Waals surface area contributed by atoms with Crippen LogP contribution in [0.15, 0.2) is 29.1 Å². The summed E-state index contributed by atoms with van der Waals surface area (Å²) >= 11 is 0. The number of fused-ring (bicyclic) bond motifs is 1. The first kappa shape index (κ1) is 12.4. The fourth-order valence-electron chi connectivity index (χ4n) is 1.74. The molecule has 2 aromatic rings. The van der Waals surface area contributed by atoms with Crippen LogP contribution >= 0.6 is 0 Å². The molecule has 94 valence electrons. The van der Waals surface area contributed by atoms with Crippen LogP contribution in [-0.2, 0) is 16.1 Å². The van der Waals surface area contributed by atoms with Crippen molar-refractivity contribution in [2.24, 2.45) is 0 Å². The molecular formula is C14H15NO3. The molecule has 1 aromatic heterocycles. The number of H-pyrrole nitrogens is 1. The van der Waals surface area contributed by atoms with Crippen molar-refractivity contribution in [2.45, 2.75) is 26.9 Å². The number of esters is 1. The van der Waals surface area contributed by atoms with Crippen LogP contribution in [0.25, 0.3) is 10.9 Å². The van der Waals surface area contributed by atoms with Crippen LogP contribution in [0, 0.1) is 6.92 Å². The Balaban J connectivity index is 2.36. The second-order valence-electron chi connectivity index (χ2n) is 4.23. The molecule has 0 spiro atoms. The van der Waals surface area contributed by atoms with Crippen LogP contribution in [0.3, 0.4) is 0 Å². The number of aromatic nitrogens is 1. The Labute approximate surface area is 105 Å². The molecule has 0 amide bonds. The second-order valence-corrected chi connectivity index (χ2v) is 4.23. The van der Waals surface area contributed by atoms with E-state index in [0.29, 0.717) is 12.0 Å². The summed E-state index contributed by atoms with van der Waals surface area (Å²) < 4.78 is 4.98. The average Bonchev–Trinajstić information content (AvgIpc) is 2.36. The van der Waals surface area contributed by atoms with Crippen molar-refractivity contribution in [1.29, 1.82) is 0 Å². The van der Waals surface area contributed by atoms with Crippen molar-refractivity contribution in [3.05, 3.63) is 45.7 Å². The topological polar surface area (TPSA) is 59.2 Å². The highest BCUT2D eigenvalue weighted by molar-refractivity contribution is 5.79. The lowest BCUT2D eigenvalue weighted by Crippen LogP contribution is -2.15.